The zero-order valence-electron chi connectivity index (χ0n) is 12.8. The molecule has 1 N–H and O–H groups in total. The molecule has 1 aromatic carbocycles. The van der Waals surface area contributed by atoms with Gasteiger partial charge < -0.3 is 14.6 Å². The van der Waals surface area contributed by atoms with Gasteiger partial charge in [-0.1, -0.05) is 24.3 Å². The largest absolute Gasteiger partial charge is 0.496 e. The van der Waals surface area contributed by atoms with Crippen LogP contribution in [0.5, 0.6) is 5.75 Å². The third-order valence-corrected chi connectivity index (χ3v) is 3.45. The highest BCUT2D eigenvalue weighted by Crippen LogP contribution is 2.18. The number of aromatic nitrogens is 1. The van der Waals surface area contributed by atoms with Crippen LogP contribution in [0.15, 0.2) is 47.4 Å². The van der Waals surface area contributed by atoms with Crippen molar-refractivity contribution in [3.8, 4) is 5.75 Å². The summed E-state index contributed by atoms with van der Waals surface area (Å²) in [6.07, 6.45) is 2.75. The van der Waals surface area contributed by atoms with Crippen LogP contribution in [-0.4, -0.2) is 17.6 Å². The summed E-state index contributed by atoms with van der Waals surface area (Å²) in [5.74, 6) is 0.771. The normalized spacial score (nSPS) is 10.3. The fourth-order valence-electron chi connectivity index (χ4n) is 2.20. The zero-order chi connectivity index (χ0) is 15.9. The van der Waals surface area contributed by atoms with E-state index in [0.717, 1.165) is 16.9 Å². The maximum absolute atomic E-state index is 11.9. The van der Waals surface area contributed by atoms with Crippen molar-refractivity contribution in [2.75, 3.05) is 7.11 Å². The smallest absolute Gasteiger partial charge is 0.250 e. The fourth-order valence-corrected chi connectivity index (χ4v) is 2.20. The van der Waals surface area contributed by atoms with E-state index in [9.17, 15) is 9.59 Å². The van der Waals surface area contributed by atoms with Crippen LogP contribution in [0.1, 0.15) is 17.5 Å². The molecule has 0 aliphatic rings. The first-order valence-corrected chi connectivity index (χ1v) is 7.14. The molecular weight excluding hydrogens is 280 g/mol. The molecule has 2 aromatic rings. The van der Waals surface area contributed by atoms with E-state index in [0.29, 0.717) is 19.4 Å². The third-order valence-electron chi connectivity index (χ3n) is 3.45. The van der Waals surface area contributed by atoms with Gasteiger partial charge in [-0.2, -0.15) is 0 Å². The highest BCUT2D eigenvalue weighted by Gasteiger charge is 2.06. The number of para-hydroxylation sites is 1. The minimum atomic E-state index is -0.0637. The topological polar surface area (TPSA) is 60.3 Å². The van der Waals surface area contributed by atoms with Crippen LogP contribution in [0.4, 0.5) is 0 Å². The van der Waals surface area contributed by atoms with Gasteiger partial charge in [-0.05, 0) is 23.6 Å². The van der Waals surface area contributed by atoms with Crippen LogP contribution in [0.3, 0.4) is 0 Å². The summed E-state index contributed by atoms with van der Waals surface area (Å²) in [5.41, 5.74) is 1.85. The van der Waals surface area contributed by atoms with Gasteiger partial charge in [0.05, 0.1) is 7.11 Å². The number of amides is 1. The number of nitrogens with zero attached hydrogens (tertiary/aromatic N) is 1. The third kappa shape index (κ3) is 4.22. The van der Waals surface area contributed by atoms with Crippen LogP contribution in [0, 0.1) is 0 Å². The van der Waals surface area contributed by atoms with Crippen molar-refractivity contribution in [2.45, 2.75) is 19.4 Å². The van der Waals surface area contributed by atoms with E-state index in [2.05, 4.69) is 5.32 Å². The van der Waals surface area contributed by atoms with Crippen LogP contribution < -0.4 is 15.6 Å². The lowest BCUT2D eigenvalue weighted by molar-refractivity contribution is -0.121. The molecular formula is C17H20N2O3. The van der Waals surface area contributed by atoms with Gasteiger partial charge in [0.25, 0.3) is 0 Å². The lowest BCUT2D eigenvalue weighted by Gasteiger charge is -2.09. The van der Waals surface area contributed by atoms with Crippen LogP contribution in [-0.2, 0) is 24.8 Å². The molecule has 0 spiro atoms. The molecule has 0 aliphatic carbocycles. The maximum Gasteiger partial charge on any atom is 0.250 e. The van der Waals surface area contributed by atoms with E-state index in [1.165, 1.54) is 10.6 Å². The van der Waals surface area contributed by atoms with Gasteiger partial charge in [0, 0.05) is 32.3 Å². The quantitative estimate of drug-likeness (QED) is 0.882. The molecule has 0 fully saturated rings. The molecule has 0 saturated heterocycles. The summed E-state index contributed by atoms with van der Waals surface area (Å²) in [6.45, 7) is 0.416. The number of aryl methyl sites for hydroxylation is 2. The highest BCUT2D eigenvalue weighted by molar-refractivity contribution is 5.76. The van der Waals surface area contributed by atoms with E-state index < -0.39 is 0 Å². The van der Waals surface area contributed by atoms with Crippen molar-refractivity contribution in [2.24, 2.45) is 7.05 Å². The molecule has 5 nitrogen and oxygen atoms in total. The van der Waals surface area contributed by atoms with Gasteiger partial charge in [0.1, 0.15) is 5.75 Å². The lowest BCUT2D eigenvalue weighted by atomic mass is 10.1. The second-order valence-electron chi connectivity index (χ2n) is 5.08. The van der Waals surface area contributed by atoms with Gasteiger partial charge in [0.2, 0.25) is 11.5 Å². The number of rotatable bonds is 6. The Balaban J connectivity index is 1.85. The van der Waals surface area contributed by atoms with Gasteiger partial charge >= 0.3 is 0 Å². The Morgan fingerprint density at radius 2 is 2.00 bits per heavy atom. The maximum atomic E-state index is 11.9. The second kappa shape index (κ2) is 7.45. The number of methoxy groups -OCH3 is 1. The molecule has 116 valence electrons. The van der Waals surface area contributed by atoms with Gasteiger partial charge in [-0.15, -0.1) is 0 Å². The second-order valence-corrected chi connectivity index (χ2v) is 5.08. The number of hydrogen-bond donors (Lipinski definition) is 1. The van der Waals surface area contributed by atoms with Crippen LogP contribution in [0.25, 0.3) is 0 Å². The summed E-state index contributed by atoms with van der Waals surface area (Å²) in [4.78, 5) is 23.2. The van der Waals surface area contributed by atoms with Crippen molar-refractivity contribution in [1.82, 2.24) is 9.88 Å². The number of carbonyl (C=O) groups excluding carboxylic acids is 1. The van der Waals surface area contributed by atoms with Crippen LogP contribution >= 0.6 is 0 Å². The average Bonchev–Trinajstić information content (AvgIpc) is 2.54. The minimum absolute atomic E-state index is 0.0280. The molecule has 1 heterocycles. The monoisotopic (exact) mass is 300 g/mol. The minimum Gasteiger partial charge on any atom is -0.496 e. The highest BCUT2D eigenvalue weighted by atomic mass is 16.5. The first-order chi connectivity index (χ1) is 10.6. The molecule has 0 bridgehead atoms. The lowest BCUT2D eigenvalue weighted by Crippen LogP contribution is -2.24. The molecule has 1 amide bonds. The van der Waals surface area contributed by atoms with Crippen molar-refractivity contribution in [3.63, 3.8) is 0 Å². The predicted octanol–water partition coefficient (Wildman–Crippen LogP) is 1.64. The van der Waals surface area contributed by atoms with E-state index in [-0.39, 0.29) is 11.5 Å². The van der Waals surface area contributed by atoms with E-state index >= 15 is 0 Å². The van der Waals surface area contributed by atoms with E-state index in [1.807, 2.05) is 24.3 Å². The Labute approximate surface area is 129 Å². The zero-order valence-corrected chi connectivity index (χ0v) is 12.8. The van der Waals surface area contributed by atoms with Crippen molar-refractivity contribution >= 4 is 5.91 Å². The van der Waals surface area contributed by atoms with Crippen LogP contribution in [0.2, 0.25) is 0 Å². The molecule has 0 radical (unpaired) electrons. The molecule has 0 unspecified atom stereocenters. The van der Waals surface area contributed by atoms with E-state index in [4.69, 9.17) is 4.74 Å². The summed E-state index contributed by atoms with van der Waals surface area (Å²) >= 11 is 0. The van der Waals surface area contributed by atoms with Crippen molar-refractivity contribution in [1.29, 1.82) is 0 Å². The Morgan fingerprint density at radius 3 is 2.73 bits per heavy atom. The number of pyridine rings is 1. The van der Waals surface area contributed by atoms with Crippen molar-refractivity contribution < 1.29 is 9.53 Å². The molecule has 0 aliphatic heterocycles. The molecule has 2 rings (SSSR count). The first kappa shape index (κ1) is 15.8. The Kier molecular flexibility index (Phi) is 5.36. The Bertz CT molecular complexity index is 707. The number of carbonyl (C=O) groups is 1. The van der Waals surface area contributed by atoms with Gasteiger partial charge in [-0.25, -0.2) is 0 Å². The predicted molar refractivity (Wildman–Crippen MR) is 84.8 cm³/mol. The molecule has 1 aromatic heterocycles. The fraction of sp³-hybridized carbons (Fsp3) is 0.294. The summed E-state index contributed by atoms with van der Waals surface area (Å²) in [7, 11) is 3.31. The summed E-state index contributed by atoms with van der Waals surface area (Å²) < 4.78 is 6.76. The van der Waals surface area contributed by atoms with Crippen molar-refractivity contribution in [3.05, 3.63) is 64.1 Å². The Morgan fingerprint density at radius 1 is 1.23 bits per heavy atom. The number of nitrogens with one attached hydrogen (secondary N) is 1. The molecule has 5 heteroatoms. The molecule has 22 heavy (non-hydrogen) atoms. The Hall–Kier alpha value is -2.56. The summed E-state index contributed by atoms with van der Waals surface area (Å²) in [6, 6.07) is 10.9. The van der Waals surface area contributed by atoms with Gasteiger partial charge in [-0.3, -0.25) is 9.59 Å². The molecule has 0 saturated carbocycles. The van der Waals surface area contributed by atoms with Gasteiger partial charge in [0.15, 0.2) is 0 Å². The standard InChI is InChI=1S/C17H20N2O3/c1-19-12-13(7-10-17(19)21)11-18-16(20)9-8-14-5-3-4-6-15(14)22-2/h3-7,10,12H,8-9,11H2,1-2H3,(H,18,20). The number of ether oxygens (including phenoxy) is 1. The average molecular weight is 300 g/mol. The number of hydrogen-bond acceptors (Lipinski definition) is 3. The molecule has 0 atom stereocenters. The first-order valence-electron chi connectivity index (χ1n) is 7.14. The SMILES string of the molecule is COc1ccccc1CCC(=O)NCc1ccc(=O)n(C)c1. The summed E-state index contributed by atoms with van der Waals surface area (Å²) in [5, 5.41) is 2.86. The van der Waals surface area contributed by atoms with E-state index in [1.54, 1.807) is 26.4 Å². The number of benzene rings is 1.